The summed E-state index contributed by atoms with van der Waals surface area (Å²) in [6.45, 7) is 1.25. The van der Waals surface area contributed by atoms with Crippen LogP contribution in [0.1, 0.15) is 6.92 Å². The summed E-state index contributed by atoms with van der Waals surface area (Å²) in [4.78, 5) is 10.7. The average molecular weight is 259 g/mol. The van der Waals surface area contributed by atoms with Gasteiger partial charge < -0.3 is 15.8 Å². The Balaban J connectivity index is 2.86. The van der Waals surface area contributed by atoms with E-state index in [1.165, 1.54) is 6.92 Å². The van der Waals surface area contributed by atoms with Crippen molar-refractivity contribution in [2.45, 2.75) is 6.92 Å². The zero-order chi connectivity index (χ0) is 13.0. The summed E-state index contributed by atoms with van der Waals surface area (Å²) >= 11 is 4.72. The second-order valence-corrected chi connectivity index (χ2v) is 3.54. The number of halogens is 1. The van der Waals surface area contributed by atoms with Crippen LogP contribution in [0.2, 0.25) is 0 Å². The summed E-state index contributed by atoms with van der Waals surface area (Å²) in [5.41, 5.74) is -0.192. The van der Waals surface area contributed by atoms with E-state index in [1.807, 2.05) is 0 Å². The number of nitrogens with one attached hydrogen (secondary N) is 3. The van der Waals surface area contributed by atoms with Crippen LogP contribution in [0.25, 0.3) is 0 Å². The van der Waals surface area contributed by atoms with Crippen LogP contribution < -0.4 is 15.9 Å². The smallest absolute Gasteiger partial charge is 0.222 e. The van der Waals surface area contributed by atoms with Crippen molar-refractivity contribution in [3.05, 3.63) is 29.2 Å². The van der Waals surface area contributed by atoms with E-state index in [4.69, 9.17) is 17.4 Å². The highest BCUT2D eigenvalue weighted by atomic mass is 32.1. The van der Waals surface area contributed by atoms with Crippen LogP contribution in [0.15, 0.2) is 18.2 Å². The maximum absolute atomic E-state index is 13.3. The summed E-state index contributed by atoms with van der Waals surface area (Å²) in [6.07, 6.45) is 0. The molecule has 0 aliphatic heterocycles. The van der Waals surface area contributed by atoms with Crippen molar-refractivity contribution >= 4 is 34.6 Å². The van der Waals surface area contributed by atoms with Crippen molar-refractivity contribution in [3.8, 4) is 0 Å². The van der Waals surface area contributed by atoms with E-state index in [1.54, 1.807) is 0 Å². The van der Waals surface area contributed by atoms with Crippen molar-refractivity contribution in [2.24, 2.45) is 0 Å². The Hall–Kier alpha value is -1.61. The summed E-state index contributed by atoms with van der Waals surface area (Å²) < 4.78 is 13.3. The largest absolute Gasteiger partial charge is 0.595 e. The standard InChI is InChI=1S/C9H10FN3O3S/c1-5(14)11-9(17)12-8-4-6(13(15)16)2-3-7(8)10/h2-4,13,15H,1H3,(H2,11,12,14,17). The number of amides is 1. The van der Waals surface area contributed by atoms with Gasteiger partial charge in [-0.25, -0.2) is 9.60 Å². The minimum atomic E-state index is -1.18. The minimum absolute atomic E-state index is 0.0838. The van der Waals surface area contributed by atoms with Gasteiger partial charge in [0.1, 0.15) is 5.82 Å². The SMILES string of the molecule is CC(=O)NC(=S)Nc1cc([NH+]([O-])O)ccc1F. The van der Waals surface area contributed by atoms with Crippen molar-refractivity contribution < 1.29 is 19.6 Å². The van der Waals surface area contributed by atoms with E-state index in [9.17, 15) is 14.4 Å². The average Bonchev–Trinajstić information content (AvgIpc) is 2.19. The molecule has 0 spiro atoms. The molecule has 0 saturated heterocycles. The molecule has 1 amide bonds. The molecule has 0 aliphatic rings. The number of quaternary nitrogens is 1. The summed E-state index contributed by atoms with van der Waals surface area (Å²) in [6, 6.07) is 3.22. The van der Waals surface area contributed by atoms with Gasteiger partial charge in [-0.1, -0.05) is 0 Å². The quantitative estimate of drug-likeness (QED) is 0.445. The molecule has 1 atom stereocenters. The Kier molecular flexibility index (Phi) is 4.46. The molecule has 0 heterocycles. The third kappa shape index (κ3) is 4.04. The van der Waals surface area contributed by atoms with Crippen molar-refractivity contribution in [1.29, 1.82) is 0 Å². The zero-order valence-corrected chi connectivity index (χ0v) is 9.60. The summed E-state index contributed by atoms with van der Waals surface area (Å²) in [5.74, 6) is -1.07. The van der Waals surface area contributed by atoms with Crippen LogP contribution in [0.5, 0.6) is 0 Å². The molecule has 0 fully saturated rings. The molecule has 1 aromatic rings. The highest BCUT2D eigenvalue weighted by molar-refractivity contribution is 7.80. The van der Waals surface area contributed by atoms with Gasteiger partial charge >= 0.3 is 0 Å². The van der Waals surface area contributed by atoms with Gasteiger partial charge in [-0.2, -0.15) is 5.23 Å². The molecule has 0 saturated carbocycles. The van der Waals surface area contributed by atoms with E-state index in [2.05, 4.69) is 10.6 Å². The van der Waals surface area contributed by atoms with Gasteiger partial charge in [0.05, 0.1) is 5.69 Å². The summed E-state index contributed by atoms with van der Waals surface area (Å²) in [7, 11) is 0. The van der Waals surface area contributed by atoms with Crippen LogP contribution in [-0.4, -0.2) is 16.2 Å². The van der Waals surface area contributed by atoms with Gasteiger partial charge in [-0.15, -0.1) is 0 Å². The summed E-state index contributed by atoms with van der Waals surface area (Å²) in [5, 5.41) is 22.8. The molecule has 17 heavy (non-hydrogen) atoms. The lowest BCUT2D eigenvalue weighted by atomic mass is 10.2. The van der Waals surface area contributed by atoms with Gasteiger partial charge in [0.2, 0.25) is 5.91 Å². The van der Waals surface area contributed by atoms with E-state index in [0.29, 0.717) is 0 Å². The number of hydrogen-bond acceptors (Lipinski definition) is 4. The van der Waals surface area contributed by atoms with Crippen molar-refractivity contribution in [1.82, 2.24) is 5.32 Å². The zero-order valence-electron chi connectivity index (χ0n) is 8.78. The number of carbonyl (C=O) groups excluding carboxylic acids is 1. The maximum atomic E-state index is 13.3. The number of hydrogen-bond donors (Lipinski definition) is 4. The molecule has 0 radical (unpaired) electrons. The predicted molar refractivity (Wildman–Crippen MR) is 62.2 cm³/mol. The Morgan fingerprint density at radius 1 is 1.59 bits per heavy atom. The lowest BCUT2D eigenvalue weighted by Crippen LogP contribution is -2.99. The van der Waals surface area contributed by atoms with E-state index in [0.717, 1.165) is 18.2 Å². The second kappa shape index (κ2) is 5.64. The first-order valence-electron chi connectivity index (χ1n) is 4.51. The topological polar surface area (TPSA) is 88.9 Å². The Bertz CT molecular complexity index is 453. The van der Waals surface area contributed by atoms with Gasteiger partial charge in [0.25, 0.3) is 0 Å². The first-order valence-corrected chi connectivity index (χ1v) is 4.92. The van der Waals surface area contributed by atoms with Crippen LogP contribution in [0.4, 0.5) is 15.8 Å². The molecule has 8 heteroatoms. The molecule has 0 aromatic heterocycles. The molecule has 1 rings (SSSR count). The van der Waals surface area contributed by atoms with E-state index in [-0.39, 0.29) is 16.5 Å². The fourth-order valence-corrected chi connectivity index (χ4v) is 1.32. The molecule has 4 N–H and O–H groups in total. The molecule has 92 valence electrons. The van der Waals surface area contributed by atoms with Crippen LogP contribution in [-0.2, 0) is 4.79 Å². The van der Waals surface area contributed by atoms with Gasteiger partial charge in [0.15, 0.2) is 10.8 Å². The maximum Gasteiger partial charge on any atom is 0.222 e. The molecule has 1 aromatic carbocycles. The fourth-order valence-electron chi connectivity index (χ4n) is 1.07. The highest BCUT2D eigenvalue weighted by Gasteiger charge is 2.09. The van der Waals surface area contributed by atoms with E-state index >= 15 is 0 Å². The Morgan fingerprint density at radius 2 is 2.24 bits per heavy atom. The number of anilines is 1. The monoisotopic (exact) mass is 259 g/mol. The molecular formula is C9H10FN3O3S. The van der Waals surface area contributed by atoms with Gasteiger partial charge in [-0.3, -0.25) is 4.79 Å². The van der Waals surface area contributed by atoms with Crippen LogP contribution in [0, 0.1) is 11.0 Å². The highest BCUT2D eigenvalue weighted by Crippen LogP contribution is 2.16. The number of thiocarbonyl (C=S) groups is 1. The predicted octanol–water partition coefficient (Wildman–Crippen LogP) is 0.0620. The molecule has 0 bridgehead atoms. The number of rotatable bonds is 2. The van der Waals surface area contributed by atoms with Crippen LogP contribution in [0.3, 0.4) is 0 Å². The number of benzene rings is 1. The lowest BCUT2D eigenvalue weighted by Gasteiger charge is -2.14. The molecular weight excluding hydrogens is 249 g/mol. The van der Waals surface area contributed by atoms with Gasteiger partial charge in [0, 0.05) is 19.1 Å². The van der Waals surface area contributed by atoms with E-state index < -0.39 is 17.0 Å². The normalized spacial score (nSPS) is 11.8. The lowest BCUT2D eigenvalue weighted by molar-refractivity contribution is -0.991. The fraction of sp³-hybridized carbons (Fsp3) is 0.111. The molecule has 6 nitrogen and oxygen atoms in total. The van der Waals surface area contributed by atoms with Gasteiger partial charge in [-0.05, 0) is 18.3 Å². The van der Waals surface area contributed by atoms with Crippen LogP contribution >= 0.6 is 12.2 Å². The third-order valence-corrected chi connectivity index (χ3v) is 1.96. The Labute approximate surface area is 102 Å². The Morgan fingerprint density at radius 3 is 2.76 bits per heavy atom. The molecule has 1 unspecified atom stereocenters. The third-order valence-electron chi connectivity index (χ3n) is 1.75. The van der Waals surface area contributed by atoms with Crippen molar-refractivity contribution in [3.63, 3.8) is 0 Å². The first kappa shape index (κ1) is 13.5. The second-order valence-electron chi connectivity index (χ2n) is 3.14. The minimum Gasteiger partial charge on any atom is -0.595 e. The molecule has 0 aliphatic carbocycles. The first-order chi connectivity index (χ1) is 7.90. The number of carbonyl (C=O) groups is 1. The van der Waals surface area contributed by atoms with Crippen molar-refractivity contribution in [2.75, 3.05) is 5.32 Å².